The number of para-hydroxylation sites is 1. The quantitative estimate of drug-likeness (QED) is 0.571. The largest absolute Gasteiger partial charge is 0.368 e. The van der Waals surface area contributed by atoms with Crippen molar-refractivity contribution in [1.29, 1.82) is 0 Å². The number of benzene rings is 2. The molecule has 0 saturated heterocycles. The minimum Gasteiger partial charge on any atom is -0.368 e. The summed E-state index contributed by atoms with van der Waals surface area (Å²) >= 11 is 1.61. The highest BCUT2D eigenvalue weighted by Gasteiger charge is 2.31. The Bertz CT molecular complexity index is 853. The van der Waals surface area contributed by atoms with Crippen LogP contribution in [0.5, 0.6) is 0 Å². The maximum Gasteiger partial charge on any atom is 0.238 e. The first kappa shape index (κ1) is 19.2. The summed E-state index contributed by atoms with van der Waals surface area (Å²) in [5.74, 6) is 0.200. The molecule has 6 heteroatoms. The number of fused-ring (bicyclic) bond motifs is 1. The van der Waals surface area contributed by atoms with E-state index in [1.807, 2.05) is 59.5 Å². The van der Waals surface area contributed by atoms with Crippen molar-refractivity contribution in [1.82, 2.24) is 4.90 Å². The lowest BCUT2D eigenvalue weighted by Gasteiger charge is -2.34. The van der Waals surface area contributed by atoms with Gasteiger partial charge in [0, 0.05) is 17.2 Å². The van der Waals surface area contributed by atoms with E-state index in [0.717, 1.165) is 27.5 Å². The fourth-order valence-corrected chi connectivity index (χ4v) is 3.99. The molecule has 1 atom stereocenters. The monoisotopic (exact) mass is 381 g/mol. The number of hydrogen-bond donors (Lipinski definition) is 2. The van der Waals surface area contributed by atoms with E-state index in [4.69, 9.17) is 5.73 Å². The van der Waals surface area contributed by atoms with E-state index < -0.39 is 11.9 Å². The van der Waals surface area contributed by atoms with Crippen LogP contribution in [0, 0.1) is 0 Å². The van der Waals surface area contributed by atoms with Crippen LogP contribution in [0.15, 0.2) is 66.1 Å². The summed E-state index contributed by atoms with van der Waals surface area (Å²) in [4.78, 5) is 27.4. The van der Waals surface area contributed by atoms with Gasteiger partial charge in [-0.05, 0) is 29.7 Å². The Labute approximate surface area is 163 Å². The molecule has 1 aliphatic rings. The van der Waals surface area contributed by atoms with Crippen LogP contribution in [0.1, 0.15) is 11.1 Å². The third-order valence-electron chi connectivity index (χ3n) is 4.54. The summed E-state index contributed by atoms with van der Waals surface area (Å²) in [6, 6.07) is 15.1. The van der Waals surface area contributed by atoms with Gasteiger partial charge < -0.3 is 11.1 Å². The third kappa shape index (κ3) is 4.78. The van der Waals surface area contributed by atoms with Crippen LogP contribution in [0.25, 0.3) is 0 Å². The number of rotatable bonds is 7. The normalized spacial score (nSPS) is 16.4. The Morgan fingerprint density at radius 1 is 1.19 bits per heavy atom. The molecule has 27 heavy (non-hydrogen) atoms. The van der Waals surface area contributed by atoms with Gasteiger partial charge in [0.2, 0.25) is 11.8 Å². The summed E-state index contributed by atoms with van der Waals surface area (Å²) < 4.78 is 0. The smallest absolute Gasteiger partial charge is 0.238 e. The van der Waals surface area contributed by atoms with Gasteiger partial charge in [-0.15, -0.1) is 18.3 Å². The number of nitrogens with one attached hydrogen (secondary N) is 1. The van der Waals surface area contributed by atoms with Gasteiger partial charge in [-0.3, -0.25) is 14.5 Å². The highest BCUT2D eigenvalue weighted by Crippen LogP contribution is 2.27. The summed E-state index contributed by atoms with van der Waals surface area (Å²) in [7, 11) is 0. The minimum atomic E-state index is -0.476. The lowest BCUT2D eigenvalue weighted by Crippen LogP contribution is -2.50. The molecule has 2 aromatic carbocycles. The number of primary amides is 1. The number of carbonyl (C=O) groups is 2. The molecule has 140 valence electrons. The first-order chi connectivity index (χ1) is 13.1. The second-order valence-electron chi connectivity index (χ2n) is 6.44. The summed E-state index contributed by atoms with van der Waals surface area (Å²) in [5.41, 5.74) is 8.61. The topological polar surface area (TPSA) is 75.4 Å². The zero-order chi connectivity index (χ0) is 19.2. The Morgan fingerprint density at radius 2 is 1.89 bits per heavy atom. The van der Waals surface area contributed by atoms with Crippen molar-refractivity contribution < 1.29 is 9.59 Å². The number of nitrogens with two attached hydrogens (primary N) is 1. The van der Waals surface area contributed by atoms with Crippen LogP contribution in [-0.4, -0.2) is 35.1 Å². The summed E-state index contributed by atoms with van der Waals surface area (Å²) in [6.45, 7) is 4.37. The molecule has 3 rings (SSSR count). The maximum absolute atomic E-state index is 12.7. The SMILES string of the molecule is C=CCSc1ccccc1NC(=O)CN1Cc2ccccc2CC1C(N)=O. The van der Waals surface area contributed by atoms with E-state index in [9.17, 15) is 9.59 Å². The number of thioether (sulfide) groups is 1. The predicted octanol–water partition coefficient (Wildman–Crippen LogP) is 2.82. The van der Waals surface area contributed by atoms with Crippen LogP contribution in [0.2, 0.25) is 0 Å². The van der Waals surface area contributed by atoms with Crippen molar-refractivity contribution >= 4 is 29.3 Å². The minimum absolute atomic E-state index is 0.113. The Morgan fingerprint density at radius 3 is 2.63 bits per heavy atom. The van der Waals surface area contributed by atoms with E-state index in [2.05, 4.69) is 11.9 Å². The predicted molar refractivity (Wildman–Crippen MR) is 110 cm³/mol. The lowest BCUT2D eigenvalue weighted by molar-refractivity contribution is -0.125. The van der Waals surface area contributed by atoms with E-state index in [-0.39, 0.29) is 12.5 Å². The van der Waals surface area contributed by atoms with Gasteiger partial charge in [-0.1, -0.05) is 42.5 Å². The van der Waals surface area contributed by atoms with Gasteiger partial charge in [0.25, 0.3) is 0 Å². The highest BCUT2D eigenvalue weighted by molar-refractivity contribution is 7.99. The molecule has 0 aliphatic carbocycles. The molecule has 0 aromatic heterocycles. The molecular formula is C21H23N3O2S. The molecule has 0 bridgehead atoms. The Kier molecular flexibility index (Phi) is 6.32. The van der Waals surface area contributed by atoms with Crippen LogP contribution in [0.4, 0.5) is 5.69 Å². The highest BCUT2D eigenvalue weighted by atomic mass is 32.2. The van der Waals surface area contributed by atoms with Crippen LogP contribution < -0.4 is 11.1 Å². The second-order valence-corrected chi connectivity index (χ2v) is 7.50. The number of hydrogen-bond acceptors (Lipinski definition) is 4. The number of anilines is 1. The Hall–Kier alpha value is -2.57. The second kappa shape index (κ2) is 8.88. The van der Waals surface area contributed by atoms with Crippen molar-refractivity contribution in [3.05, 3.63) is 72.3 Å². The standard InChI is InChI=1S/C21H23N3O2S/c1-2-11-27-19-10-6-5-9-17(19)23-20(25)14-24-13-16-8-4-3-7-15(16)12-18(24)21(22)26/h2-10,18H,1,11-14H2,(H2,22,26)(H,23,25). The number of amides is 2. The molecule has 5 nitrogen and oxygen atoms in total. The first-order valence-corrected chi connectivity index (χ1v) is 9.79. The number of carbonyl (C=O) groups excluding carboxylic acids is 2. The summed E-state index contributed by atoms with van der Waals surface area (Å²) in [6.07, 6.45) is 2.36. The summed E-state index contributed by atoms with van der Waals surface area (Å²) in [5, 5.41) is 2.96. The van der Waals surface area contributed by atoms with Crippen molar-refractivity contribution in [3.63, 3.8) is 0 Å². The first-order valence-electron chi connectivity index (χ1n) is 8.81. The molecule has 0 fully saturated rings. The lowest BCUT2D eigenvalue weighted by atomic mass is 9.93. The van der Waals surface area contributed by atoms with E-state index in [1.165, 1.54) is 0 Å². The van der Waals surface area contributed by atoms with Gasteiger partial charge in [-0.25, -0.2) is 0 Å². The van der Waals surface area contributed by atoms with Crippen LogP contribution in [0.3, 0.4) is 0 Å². The molecule has 1 aliphatic heterocycles. The van der Waals surface area contributed by atoms with E-state index in [0.29, 0.717) is 13.0 Å². The molecule has 0 radical (unpaired) electrons. The van der Waals surface area contributed by atoms with Crippen molar-refractivity contribution in [3.8, 4) is 0 Å². The van der Waals surface area contributed by atoms with Crippen molar-refractivity contribution in [2.75, 3.05) is 17.6 Å². The van der Waals surface area contributed by atoms with E-state index in [1.54, 1.807) is 11.8 Å². The molecule has 2 amide bonds. The molecule has 0 spiro atoms. The van der Waals surface area contributed by atoms with E-state index >= 15 is 0 Å². The molecule has 1 heterocycles. The molecule has 2 aromatic rings. The number of nitrogens with zero attached hydrogens (tertiary/aromatic N) is 1. The average molecular weight is 382 g/mol. The maximum atomic E-state index is 12.7. The van der Waals surface area contributed by atoms with Crippen molar-refractivity contribution in [2.45, 2.75) is 23.9 Å². The Balaban J connectivity index is 1.71. The van der Waals surface area contributed by atoms with Gasteiger partial charge in [0.1, 0.15) is 0 Å². The zero-order valence-electron chi connectivity index (χ0n) is 15.1. The van der Waals surface area contributed by atoms with Gasteiger partial charge in [-0.2, -0.15) is 0 Å². The molecule has 0 saturated carbocycles. The molecular weight excluding hydrogens is 358 g/mol. The zero-order valence-corrected chi connectivity index (χ0v) is 15.9. The van der Waals surface area contributed by atoms with Gasteiger partial charge in [0.05, 0.1) is 18.3 Å². The fourth-order valence-electron chi connectivity index (χ4n) is 3.24. The van der Waals surface area contributed by atoms with Gasteiger partial charge in [0.15, 0.2) is 0 Å². The fraction of sp³-hybridized carbons (Fsp3) is 0.238. The molecule has 3 N–H and O–H groups in total. The van der Waals surface area contributed by atoms with Crippen LogP contribution in [-0.2, 0) is 22.6 Å². The molecule has 1 unspecified atom stereocenters. The van der Waals surface area contributed by atoms with Crippen molar-refractivity contribution in [2.24, 2.45) is 5.73 Å². The average Bonchev–Trinajstić information content (AvgIpc) is 2.66. The third-order valence-corrected chi connectivity index (χ3v) is 5.61. The van der Waals surface area contributed by atoms with Crippen LogP contribution >= 0.6 is 11.8 Å². The van der Waals surface area contributed by atoms with Gasteiger partial charge >= 0.3 is 0 Å².